The minimum Gasteiger partial charge on any atom is -0.409 e. The molecule has 10 heavy (non-hydrogen) atoms. The van der Waals surface area contributed by atoms with Crippen LogP contribution in [0.1, 0.15) is 20.3 Å². The maximum Gasteiger partial charge on any atom is 0.139 e. The molecule has 0 unspecified atom stereocenters. The van der Waals surface area contributed by atoms with E-state index in [1.54, 1.807) is 0 Å². The lowest BCUT2D eigenvalue weighted by atomic mass is 9.89. The highest BCUT2D eigenvalue weighted by molar-refractivity contribution is 5.80. The second kappa shape index (κ2) is 3.41. The summed E-state index contributed by atoms with van der Waals surface area (Å²) in [5, 5.41) is 11.1. The average Bonchev–Trinajstić information content (AvgIpc) is 1.87. The first-order valence-electron chi connectivity index (χ1n) is 3.18. The van der Waals surface area contributed by atoms with Crippen LogP contribution in [0.15, 0.2) is 5.16 Å². The van der Waals surface area contributed by atoms with Gasteiger partial charge in [-0.1, -0.05) is 19.0 Å². The van der Waals surface area contributed by atoms with Crippen LogP contribution in [0.5, 0.6) is 0 Å². The molecule has 0 bridgehead atoms. The number of nitrogens with two attached hydrogens (primary N) is 2. The molecule has 0 rings (SSSR count). The zero-order chi connectivity index (χ0) is 8.20. The third kappa shape index (κ3) is 3.29. The van der Waals surface area contributed by atoms with Gasteiger partial charge in [0.15, 0.2) is 0 Å². The Bertz CT molecular complexity index is 131. The normalized spacial score (nSPS) is 13.7. The van der Waals surface area contributed by atoms with Crippen molar-refractivity contribution >= 4 is 5.84 Å². The van der Waals surface area contributed by atoms with E-state index < -0.39 is 0 Å². The van der Waals surface area contributed by atoms with Gasteiger partial charge >= 0.3 is 0 Å². The molecule has 0 amide bonds. The summed E-state index contributed by atoms with van der Waals surface area (Å²) < 4.78 is 0. The summed E-state index contributed by atoms with van der Waals surface area (Å²) >= 11 is 0. The van der Waals surface area contributed by atoms with E-state index in [-0.39, 0.29) is 11.3 Å². The monoisotopic (exact) mass is 145 g/mol. The van der Waals surface area contributed by atoms with Crippen molar-refractivity contribution in [3.8, 4) is 0 Å². The molecule has 4 heteroatoms. The summed E-state index contributed by atoms with van der Waals surface area (Å²) in [6.45, 7) is 4.46. The fourth-order valence-electron chi connectivity index (χ4n) is 0.598. The van der Waals surface area contributed by atoms with Crippen LogP contribution in [0, 0.1) is 5.41 Å². The Morgan fingerprint density at radius 2 is 2.10 bits per heavy atom. The van der Waals surface area contributed by atoms with Gasteiger partial charge in [-0.15, -0.1) is 0 Å². The number of hydrogen-bond donors (Lipinski definition) is 3. The lowest BCUT2D eigenvalue weighted by molar-refractivity contribution is 0.309. The summed E-state index contributed by atoms with van der Waals surface area (Å²) in [5.74, 6) is 0.232. The lowest BCUT2D eigenvalue weighted by Crippen LogP contribution is -2.29. The van der Waals surface area contributed by atoms with Crippen molar-refractivity contribution in [2.24, 2.45) is 22.0 Å². The molecule has 0 spiro atoms. The third-order valence-electron chi connectivity index (χ3n) is 1.34. The largest absolute Gasteiger partial charge is 0.409 e. The van der Waals surface area contributed by atoms with Gasteiger partial charge in [0.25, 0.3) is 0 Å². The highest BCUT2D eigenvalue weighted by Gasteiger charge is 2.17. The minimum absolute atomic E-state index is 0.0731. The van der Waals surface area contributed by atoms with Crippen LogP contribution in [-0.4, -0.2) is 17.6 Å². The first kappa shape index (κ1) is 9.23. The molecule has 0 aromatic rings. The summed E-state index contributed by atoms with van der Waals surface area (Å²) in [6.07, 6.45) is 0.528. The van der Waals surface area contributed by atoms with Crippen molar-refractivity contribution in [3.05, 3.63) is 0 Å². The third-order valence-corrected chi connectivity index (χ3v) is 1.34. The van der Waals surface area contributed by atoms with Gasteiger partial charge in [-0.3, -0.25) is 0 Å². The molecule has 0 radical (unpaired) electrons. The van der Waals surface area contributed by atoms with E-state index in [0.29, 0.717) is 13.0 Å². The van der Waals surface area contributed by atoms with Crippen LogP contribution < -0.4 is 11.5 Å². The maximum atomic E-state index is 8.22. The van der Waals surface area contributed by atoms with Crippen LogP contribution in [-0.2, 0) is 0 Å². The van der Waals surface area contributed by atoms with Crippen molar-refractivity contribution < 1.29 is 5.21 Å². The van der Waals surface area contributed by atoms with Gasteiger partial charge in [0.1, 0.15) is 5.84 Å². The van der Waals surface area contributed by atoms with Gasteiger partial charge in [0, 0.05) is 6.42 Å². The van der Waals surface area contributed by atoms with Gasteiger partial charge in [0.2, 0.25) is 0 Å². The standard InChI is InChI=1S/C6H15N3O/c1-6(2,4-7)3-5(8)9-10/h10H,3-4,7H2,1-2H3,(H2,8,9). The molecule has 0 aromatic heterocycles. The highest BCUT2D eigenvalue weighted by atomic mass is 16.4. The van der Waals surface area contributed by atoms with Crippen molar-refractivity contribution in [3.63, 3.8) is 0 Å². The molecule has 0 aliphatic heterocycles. The van der Waals surface area contributed by atoms with Gasteiger partial charge in [-0.05, 0) is 12.0 Å². The van der Waals surface area contributed by atoms with Crippen molar-refractivity contribution in [2.45, 2.75) is 20.3 Å². The smallest absolute Gasteiger partial charge is 0.139 e. The van der Waals surface area contributed by atoms with Gasteiger partial charge in [-0.2, -0.15) is 0 Å². The number of oxime groups is 1. The van der Waals surface area contributed by atoms with Crippen LogP contribution in [0.2, 0.25) is 0 Å². The van der Waals surface area contributed by atoms with Gasteiger partial charge < -0.3 is 16.7 Å². The minimum atomic E-state index is -0.0731. The molecule has 0 aromatic carbocycles. The van der Waals surface area contributed by atoms with Crippen molar-refractivity contribution in [1.82, 2.24) is 0 Å². The number of amidine groups is 1. The van der Waals surface area contributed by atoms with Crippen LogP contribution in [0.3, 0.4) is 0 Å². The Labute approximate surface area is 60.9 Å². The number of nitrogens with zero attached hydrogens (tertiary/aromatic N) is 1. The van der Waals surface area contributed by atoms with E-state index in [9.17, 15) is 0 Å². The molecule has 5 N–H and O–H groups in total. The maximum absolute atomic E-state index is 8.22. The van der Waals surface area contributed by atoms with E-state index >= 15 is 0 Å². The summed E-state index contributed by atoms with van der Waals surface area (Å²) in [5.41, 5.74) is 10.6. The fraction of sp³-hybridized carbons (Fsp3) is 0.833. The molecular formula is C6H15N3O. The topological polar surface area (TPSA) is 84.6 Å². The Balaban J connectivity index is 3.88. The predicted molar refractivity (Wildman–Crippen MR) is 40.9 cm³/mol. The van der Waals surface area contributed by atoms with Crippen LogP contribution in [0.25, 0.3) is 0 Å². The van der Waals surface area contributed by atoms with Crippen molar-refractivity contribution in [2.75, 3.05) is 6.54 Å². The van der Waals surface area contributed by atoms with Gasteiger partial charge in [0.05, 0.1) is 0 Å². The average molecular weight is 145 g/mol. The van der Waals surface area contributed by atoms with E-state index in [2.05, 4.69) is 5.16 Å². The van der Waals surface area contributed by atoms with Crippen molar-refractivity contribution in [1.29, 1.82) is 0 Å². The summed E-state index contributed by atoms with van der Waals surface area (Å²) in [6, 6.07) is 0. The second-order valence-electron chi connectivity index (χ2n) is 3.14. The molecule has 4 nitrogen and oxygen atoms in total. The molecule has 60 valence electrons. The highest BCUT2D eigenvalue weighted by Crippen LogP contribution is 2.17. The van der Waals surface area contributed by atoms with E-state index in [0.717, 1.165) is 0 Å². The molecule has 0 saturated carbocycles. The lowest BCUT2D eigenvalue weighted by Gasteiger charge is -2.20. The first-order chi connectivity index (χ1) is 4.52. The van der Waals surface area contributed by atoms with Gasteiger partial charge in [-0.25, -0.2) is 0 Å². The molecule has 0 aliphatic rings. The Morgan fingerprint density at radius 1 is 1.60 bits per heavy atom. The predicted octanol–water partition coefficient (Wildman–Crippen LogP) is 0.108. The molecule has 0 aliphatic carbocycles. The Kier molecular flexibility index (Phi) is 3.15. The van der Waals surface area contributed by atoms with E-state index in [1.165, 1.54) is 0 Å². The number of hydrogen-bond acceptors (Lipinski definition) is 3. The summed E-state index contributed by atoms with van der Waals surface area (Å²) in [4.78, 5) is 0. The zero-order valence-corrected chi connectivity index (χ0v) is 6.46. The molecule has 0 atom stereocenters. The SMILES string of the molecule is CC(C)(CN)C/C(N)=N/O. The first-order valence-corrected chi connectivity index (χ1v) is 3.18. The van der Waals surface area contributed by atoms with Crippen LogP contribution in [0.4, 0.5) is 0 Å². The molecular weight excluding hydrogens is 130 g/mol. The molecule has 0 fully saturated rings. The zero-order valence-electron chi connectivity index (χ0n) is 6.46. The van der Waals surface area contributed by atoms with E-state index in [1.807, 2.05) is 13.8 Å². The summed E-state index contributed by atoms with van der Waals surface area (Å²) in [7, 11) is 0. The fourth-order valence-corrected chi connectivity index (χ4v) is 0.598. The Morgan fingerprint density at radius 3 is 2.40 bits per heavy atom. The van der Waals surface area contributed by atoms with Crippen LogP contribution >= 0.6 is 0 Å². The molecule has 0 heterocycles. The number of rotatable bonds is 3. The molecule has 0 saturated heterocycles. The Hall–Kier alpha value is -0.770. The quantitative estimate of drug-likeness (QED) is 0.228. The second-order valence-corrected chi connectivity index (χ2v) is 3.14. The van der Waals surface area contributed by atoms with E-state index in [4.69, 9.17) is 16.7 Å².